The summed E-state index contributed by atoms with van der Waals surface area (Å²) in [5, 5.41) is 1.05. The minimum Gasteiger partial charge on any atom is -0.399 e. The van der Waals surface area contributed by atoms with E-state index in [4.69, 9.17) is 5.73 Å². The van der Waals surface area contributed by atoms with Crippen molar-refractivity contribution in [3.05, 3.63) is 30.5 Å². The fourth-order valence-electron chi connectivity index (χ4n) is 3.01. The Balaban J connectivity index is 2.05. The Morgan fingerprint density at radius 1 is 1.38 bits per heavy atom. The first-order chi connectivity index (χ1) is 10.1. The third-order valence-corrected chi connectivity index (χ3v) is 4.03. The molecule has 1 saturated heterocycles. The van der Waals surface area contributed by atoms with Crippen LogP contribution in [0.15, 0.2) is 30.5 Å². The fraction of sp³-hybridized carbons (Fsp3) is 0.375. The van der Waals surface area contributed by atoms with Crippen LogP contribution in [0.25, 0.3) is 10.9 Å². The van der Waals surface area contributed by atoms with Crippen LogP contribution in [0.4, 0.5) is 11.4 Å². The van der Waals surface area contributed by atoms with Gasteiger partial charge in [-0.25, -0.2) is 0 Å². The minimum atomic E-state index is -0.0804. The maximum Gasteiger partial charge on any atom is 0.244 e. The molecular formula is C16H20N4O. The van der Waals surface area contributed by atoms with Gasteiger partial charge < -0.3 is 15.5 Å². The van der Waals surface area contributed by atoms with Gasteiger partial charge in [0, 0.05) is 43.6 Å². The van der Waals surface area contributed by atoms with Crippen molar-refractivity contribution < 1.29 is 4.79 Å². The minimum absolute atomic E-state index is 0.0804. The van der Waals surface area contributed by atoms with E-state index in [0.29, 0.717) is 5.69 Å². The molecule has 0 saturated carbocycles. The molecule has 1 aromatic heterocycles. The van der Waals surface area contributed by atoms with Crippen LogP contribution >= 0.6 is 0 Å². The summed E-state index contributed by atoms with van der Waals surface area (Å²) in [4.78, 5) is 20.6. The van der Waals surface area contributed by atoms with Crippen molar-refractivity contribution in [1.82, 2.24) is 9.88 Å². The van der Waals surface area contributed by atoms with E-state index in [9.17, 15) is 4.79 Å². The van der Waals surface area contributed by atoms with Crippen LogP contribution in [0.1, 0.15) is 12.8 Å². The summed E-state index contributed by atoms with van der Waals surface area (Å²) < 4.78 is 0. The second-order valence-corrected chi connectivity index (χ2v) is 5.69. The van der Waals surface area contributed by atoms with Crippen LogP contribution in [0.5, 0.6) is 0 Å². The lowest BCUT2D eigenvalue weighted by Crippen LogP contribution is -2.42. The summed E-state index contributed by atoms with van der Waals surface area (Å²) in [5.74, 6) is 0.160. The number of nitrogen functional groups attached to an aromatic ring is 1. The number of pyridine rings is 1. The lowest BCUT2D eigenvalue weighted by Gasteiger charge is -2.28. The molecule has 110 valence electrons. The summed E-state index contributed by atoms with van der Waals surface area (Å²) in [6.07, 6.45) is 3.71. The van der Waals surface area contributed by atoms with Gasteiger partial charge in [0.2, 0.25) is 5.91 Å². The molecule has 2 N–H and O–H groups in total. The summed E-state index contributed by atoms with van der Waals surface area (Å²) in [7, 11) is 3.62. The number of benzene rings is 1. The quantitative estimate of drug-likeness (QED) is 0.855. The number of carbonyl (C=O) groups is 1. The van der Waals surface area contributed by atoms with Crippen LogP contribution in [0.2, 0.25) is 0 Å². The zero-order chi connectivity index (χ0) is 15.0. The molecule has 1 unspecified atom stereocenters. The Labute approximate surface area is 124 Å². The third kappa shape index (κ3) is 2.39. The highest BCUT2D eigenvalue weighted by atomic mass is 16.2. The smallest absolute Gasteiger partial charge is 0.244 e. The topological polar surface area (TPSA) is 62.5 Å². The highest BCUT2D eigenvalue weighted by Gasteiger charge is 2.32. The molecule has 5 heteroatoms. The Bertz CT molecular complexity index is 683. The molecule has 0 radical (unpaired) electrons. The van der Waals surface area contributed by atoms with Crippen molar-refractivity contribution in [2.75, 3.05) is 31.3 Å². The molecule has 1 fully saturated rings. The Hall–Kier alpha value is -2.30. The van der Waals surface area contributed by atoms with Crippen molar-refractivity contribution >= 4 is 28.2 Å². The maximum absolute atomic E-state index is 12.4. The number of carbonyl (C=O) groups excluding carboxylic acids is 1. The van der Waals surface area contributed by atoms with E-state index in [1.807, 2.05) is 38.4 Å². The number of fused-ring (bicyclic) bond motifs is 1. The van der Waals surface area contributed by atoms with Crippen molar-refractivity contribution in [3.8, 4) is 0 Å². The van der Waals surface area contributed by atoms with Gasteiger partial charge >= 0.3 is 0 Å². The second-order valence-electron chi connectivity index (χ2n) is 5.69. The van der Waals surface area contributed by atoms with Crippen molar-refractivity contribution in [3.63, 3.8) is 0 Å². The summed E-state index contributed by atoms with van der Waals surface area (Å²) in [6.45, 7) is 0.897. The Kier molecular flexibility index (Phi) is 3.41. The number of likely N-dealkylation sites (N-methyl/N-ethyl adjacent to an activating group) is 1. The van der Waals surface area contributed by atoms with Gasteiger partial charge in [-0.2, -0.15) is 0 Å². The number of hydrogen-bond donors (Lipinski definition) is 1. The second kappa shape index (κ2) is 5.24. The first kappa shape index (κ1) is 13.7. The van der Waals surface area contributed by atoms with Gasteiger partial charge in [0.05, 0.1) is 5.52 Å². The molecule has 0 aliphatic carbocycles. The zero-order valence-corrected chi connectivity index (χ0v) is 12.4. The van der Waals surface area contributed by atoms with Crippen LogP contribution in [-0.2, 0) is 4.79 Å². The van der Waals surface area contributed by atoms with E-state index in [1.54, 1.807) is 11.1 Å². The lowest BCUT2D eigenvalue weighted by atomic mass is 10.1. The first-order valence-corrected chi connectivity index (χ1v) is 7.20. The first-order valence-electron chi connectivity index (χ1n) is 7.20. The van der Waals surface area contributed by atoms with Crippen LogP contribution in [0.3, 0.4) is 0 Å². The largest absolute Gasteiger partial charge is 0.399 e. The van der Waals surface area contributed by atoms with E-state index in [-0.39, 0.29) is 11.9 Å². The average molecular weight is 284 g/mol. The summed E-state index contributed by atoms with van der Waals surface area (Å²) in [5.41, 5.74) is 8.47. The molecule has 2 heterocycles. The number of aromatic nitrogens is 1. The predicted molar refractivity (Wildman–Crippen MR) is 85.2 cm³/mol. The molecule has 1 aliphatic rings. The normalized spacial score (nSPS) is 18.2. The molecule has 2 aromatic rings. The number of nitrogens with two attached hydrogens (primary N) is 1. The molecule has 3 rings (SSSR count). The van der Waals surface area contributed by atoms with Crippen LogP contribution < -0.4 is 10.6 Å². The lowest BCUT2D eigenvalue weighted by molar-refractivity contribution is -0.129. The summed E-state index contributed by atoms with van der Waals surface area (Å²) >= 11 is 0. The Morgan fingerprint density at radius 2 is 2.19 bits per heavy atom. The molecular weight excluding hydrogens is 264 g/mol. The Morgan fingerprint density at radius 3 is 2.95 bits per heavy atom. The SMILES string of the molecule is CN(C)C(=O)C1CCCN1c1ccnc2cc(N)ccc12. The zero-order valence-electron chi connectivity index (χ0n) is 12.4. The van der Waals surface area contributed by atoms with Crippen LogP contribution in [0, 0.1) is 0 Å². The summed E-state index contributed by atoms with van der Waals surface area (Å²) in [6, 6.07) is 7.65. The molecule has 1 atom stereocenters. The van der Waals surface area contributed by atoms with E-state index in [0.717, 1.165) is 36.0 Å². The third-order valence-electron chi connectivity index (χ3n) is 4.03. The molecule has 1 aliphatic heterocycles. The molecule has 5 nitrogen and oxygen atoms in total. The molecule has 0 bridgehead atoms. The van der Waals surface area contributed by atoms with E-state index < -0.39 is 0 Å². The predicted octanol–water partition coefficient (Wildman–Crippen LogP) is 1.87. The van der Waals surface area contributed by atoms with Gasteiger partial charge in [0.15, 0.2) is 0 Å². The van der Waals surface area contributed by atoms with Gasteiger partial charge in [-0.15, -0.1) is 0 Å². The van der Waals surface area contributed by atoms with Crippen molar-refractivity contribution in [1.29, 1.82) is 0 Å². The van der Waals surface area contributed by atoms with E-state index in [1.165, 1.54) is 0 Å². The van der Waals surface area contributed by atoms with Crippen molar-refractivity contribution in [2.24, 2.45) is 0 Å². The van der Waals surface area contributed by atoms with E-state index >= 15 is 0 Å². The number of hydrogen-bond acceptors (Lipinski definition) is 4. The van der Waals surface area contributed by atoms with E-state index in [2.05, 4.69) is 9.88 Å². The highest BCUT2D eigenvalue weighted by Crippen LogP contribution is 2.32. The standard InChI is InChI=1S/C16H20N4O/c1-19(2)16(21)15-4-3-9-20(15)14-7-8-18-13-10-11(17)5-6-12(13)14/h5-8,10,15H,3-4,9,17H2,1-2H3. The van der Waals surface area contributed by atoms with Gasteiger partial charge in [0.25, 0.3) is 0 Å². The number of amides is 1. The molecule has 21 heavy (non-hydrogen) atoms. The van der Waals surface area contributed by atoms with Gasteiger partial charge in [0.1, 0.15) is 6.04 Å². The maximum atomic E-state index is 12.4. The van der Waals surface area contributed by atoms with Gasteiger partial charge in [-0.1, -0.05) is 0 Å². The average Bonchev–Trinajstić information content (AvgIpc) is 2.94. The fourth-order valence-corrected chi connectivity index (χ4v) is 3.01. The molecule has 1 aromatic carbocycles. The number of nitrogens with zero attached hydrogens (tertiary/aromatic N) is 3. The molecule has 1 amide bonds. The number of anilines is 2. The number of rotatable bonds is 2. The molecule has 0 spiro atoms. The van der Waals surface area contributed by atoms with Crippen LogP contribution in [-0.4, -0.2) is 42.5 Å². The van der Waals surface area contributed by atoms with Crippen molar-refractivity contribution in [2.45, 2.75) is 18.9 Å². The monoisotopic (exact) mass is 284 g/mol. The van der Waals surface area contributed by atoms with Gasteiger partial charge in [-0.05, 0) is 37.1 Å². The van der Waals surface area contributed by atoms with Gasteiger partial charge in [-0.3, -0.25) is 9.78 Å². The highest BCUT2D eigenvalue weighted by molar-refractivity contribution is 5.96.